The van der Waals surface area contributed by atoms with Crippen molar-refractivity contribution in [1.29, 1.82) is 0 Å². The van der Waals surface area contributed by atoms with Crippen molar-refractivity contribution < 1.29 is 24.3 Å². The number of benzene rings is 1. The summed E-state index contributed by atoms with van der Waals surface area (Å²) in [7, 11) is 0. The largest absolute Gasteiger partial charge is 0.444 e. The van der Waals surface area contributed by atoms with Crippen LogP contribution in [0.2, 0.25) is 0 Å². The normalized spacial score (nSPS) is 21.8. The maximum Gasteiger partial charge on any atom is 0.408 e. The number of carbonyl (C=O) groups is 3. The SMILES string of the molecule is CC(C)C[C@@H](/C=C/C(=C\c1ccccc1)C(=O)N1CCC[C@@H]1C(=O)NC1CC(C)(C)N(O)C(C)(C)C1)NC(=O)OC(C)(C)C. The summed E-state index contributed by atoms with van der Waals surface area (Å²) in [5, 5.41) is 18.2. The van der Waals surface area contributed by atoms with Crippen molar-refractivity contribution in [2.75, 3.05) is 6.54 Å². The van der Waals surface area contributed by atoms with Crippen LogP contribution in [0.15, 0.2) is 48.1 Å². The molecule has 3 N–H and O–H groups in total. The molecule has 2 atom stereocenters. The Kier molecular flexibility index (Phi) is 11.5. The average Bonchev–Trinajstić information content (AvgIpc) is 3.38. The van der Waals surface area contributed by atoms with Crippen LogP contribution < -0.4 is 10.6 Å². The fourth-order valence-corrected chi connectivity index (χ4v) is 6.40. The molecule has 3 rings (SSSR count). The van der Waals surface area contributed by atoms with Gasteiger partial charge in [-0.05, 0) is 98.1 Å². The van der Waals surface area contributed by atoms with E-state index in [2.05, 4.69) is 24.5 Å². The van der Waals surface area contributed by atoms with Gasteiger partial charge in [-0.2, -0.15) is 5.06 Å². The van der Waals surface area contributed by atoms with E-state index < -0.39 is 28.8 Å². The number of hydroxylamine groups is 2. The first-order valence-corrected chi connectivity index (χ1v) is 15.9. The Labute approximate surface area is 264 Å². The minimum Gasteiger partial charge on any atom is -0.444 e. The first-order chi connectivity index (χ1) is 20.4. The number of rotatable bonds is 9. The lowest BCUT2D eigenvalue weighted by atomic mass is 9.79. The highest BCUT2D eigenvalue weighted by Gasteiger charge is 2.46. The van der Waals surface area contributed by atoms with Crippen molar-refractivity contribution in [3.8, 4) is 0 Å². The second kappa shape index (κ2) is 14.3. The molecule has 0 unspecified atom stereocenters. The van der Waals surface area contributed by atoms with Crippen LogP contribution in [0.5, 0.6) is 0 Å². The van der Waals surface area contributed by atoms with Gasteiger partial charge in [0.25, 0.3) is 5.91 Å². The second-order valence-corrected chi connectivity index (χ2v) is 15.0. The van der Waals surface area contributed by atoms with Crippen LogP contribution in [-0.4, -0.2) is 74.4 Å². The molecule has 2 aliphatic heterocycles. The summed E-state index contributed by atoms with van der Waals surface area (Å²) in [6, 6.07) is 8.55. The number of ether oxygens (including phenoxy) is 1. The molecule has 2 heterocycles. The molecule has 2 saturated heterocycles. The Morgan fingerprint density at radius 2 is 1.68 bits per heavy atom. The number of likely N-dealkylation sites (tertiary alicyclic amines) is 1. The van der Waals surface area contributed by atoms with Gasteiger partial charge in [0.2, 0.25) is 5.91 Å². The fraction of sp³-hybridized carbons (Fsp3) is 0.629. The van der Waals surface area contributed by atoms with Crippen LogP contribution >= 0.6 is 0 Å². The third kappa shape index (κ3) is 9.92. The van der Waals surface area contributed by atoms with E-state index in [4.69, 9.17) is 4.74 Å². The van der Waals surface area contributed by atoms with Gasteiger partial charge < -0.3 is 25.5 Å². The Hall–Kier alpha value is -3.17. The molecular formula is C35H54N4O5. The third-order valence-electron chi connectivity index (χ3n) is 8.11. The Bertz CT molecular complexity index is 1200. The molecule has 0 saturated carbocycles. The van der Waals surface area contributed by atoms with Crippen LogP contribution in [0.4, 0.5) is 4.79 Å². The van der Waals surface area contributed by atoms with Gasteiger partial charge in [-0.15, -0.1) is 0 Å². The molecule has 9 nitrogen and oxygen atoms in total. The van der Waals surface area contributed by atoms with Crippen molar-refractivity contribution in [3.63, 3.8) is 0 Å². The summed E-state index contributed by atoms with van der Waals surface area (Å²) < 4.78 is 5.48. The first-order valence-electron chi connectivity index (χ1n) is 15.9. The predicted molar refractivity (Wildman–Crippen MR) is 174 cm³/mol. The van der Waals surface area contributed by atoms with Crippen molar-refractivity contribution in [3.05, 3.63) is 53.6 Å². The molecule has 9 heteroatoms. The van der Waals surface area contributed by atoms with E-state index in [1.165, 1.54) is 5.06 Å². The number of amides is 3. The maximum absolute atomic E-state index is 14.1. The summed E-state index contributed by atoms with van der Waals surface area (Å²) in [6.45, 7) is 18.0. The van der Waals surface area contributed by atoms with Gasteiger partial charge >= 0.3 is 6.09 Å². The molecule has 2 aliphatic rings. The van der Waals surface area contributed by atoms with Crippen LogP contribution in [0.1, 0.15) is 100.0 Å². The van der Waals surface area contributed by atoms with Crippen LogP contribution in [-0.2, 0) is 14.3 Å². The molecule has 0 spiro atoms. The highest BCUT2D eigenvalue weighted by Crippen LogP contribution is 2.37. The topological polar surface area (TPSA) is 111 Å². The Balaban J connectivity index is 1.84. The lowest BCUT2D eigenvalue weighted by Crippen LogP contribution is -2.63. The van der Waals surface area contributed by atoms with Gasteiger partial charge in [-0.3, -0.25) is 9.59 Å². The Morgan fingerprint density at radius 1 is 1.07 bits per heavy atom. The average molecular weight is 611 g/mol. The van der Waals surface area contributed by atoms with E-state index in [1.54, 1.807) is 11.0 Å². The van der Waals surface area contributed by atoms with E-state index >= 15 is 0 Å². The van der Waals surface area contributed by atoms with E-state index in [0.29, 0.717) is 37.8 Å². The fourth-order valence-electron chi connectivity index (χ4n) is 6.40. The zero-order valence-corrected chi connectivity index (χ0v) is 28.1. The third-order valence-corrected chi connectivity index (χ3v) is 8.11. The molecular weight excluding hydrogens is 556 g/mol. The molecule has 0 aliphatic carbocycles. The van der Waals surface area contributed by atoms with Gasteiger partial charge in [-0.25, -0.2) is 4.79 Å². The number of piperidine rings is 1. The smallest absolute Gasteiger partial charge is 0.408 e. The zero-order valence-electron chi connectivity index (χ0n) is 28.1. The molecule has 44 heavy (non-hydrogen) atoms. The summed E-state index contributed by atoms with van der Waals surface area (Å²) in [5.41, 5.74) is -0.327. The standard InChI is InChI=1S/C35H54N4O5/c1-24(2)20-27(37-32(42)44-33(3,4)5)18-17-26(21-25-14-11-10-12-15-25)31(41)38-19-13-16-29(38)30(40)36-28-22-34(6,7)39(43)35(8,9)23-28/h10-12,14-15,17-18,21,24,27-29,43H,13,16,19-20,22-23H2,1-9H3,(H,36,40)(H,37,42)/b18-17+,26-21+/t27-,29-/m1/s1. The molecule has 2 fully saturated rings. The van der Waals surface area contributed by atoms with Crippen molar-refractivity contribution in [1.82, 2.24) is 20.6 Å². The summed E-state index contributed by atoms with van der Waals surface area (Å²) in [6.07, 6.45) is 8.10. The van der Waals surface area contributed by atoms with Crippen molar-refractivity contribution >= 4 is 24.0 Å². The van der Waals surface area contributed by atoms with E-state index in [9.17, 15) is 19.6 Å². The summed E-state index contributed by atoms with van der Waals surface area (Å²) in [4.78, 5) is 42.0. The molecule has 0 bridgehead atoms. The Morgan fingerprint density at radius 3 is 2.25 bits per heavy atom. The second-order valence-electron chi connectivity index (χ2n) is 15.0. The number of hydrogen-bond acceptors (Lipinski definition) is 6. The summed E-state index contributed by atoms with van der Waals surface area (Å²) >= 11 is 0. The van der Waals surface area contributed by atoms with Gasteiger partial charge in [0.15, 0.2) is 0 Å². The number of nitrogens with zero attached hydrogens (tertiary/aromatic N) is 2. The van der Waals surface area contributed by atoms with Gasteiger partial charge in [-0.1, -0.05) is 56.3 Å². The molecule has 0 radical (unpaired) electrons. The zero-order chi connectivity index (χ0) is 32.9. The summed E-state index contributed by atoms with van der Waals surface area (Å²) in [5.74, 6) is -0.100. The lowest BCUT2D eigenvalue weighted by molar-refractivity contribution is -0.246. The van der Waals surface area contributed by atoms with Crippen LogP contribution in [0.3, 0.4) is 0 Å². The maximum atomic E-state index is 14.1. The number of carbonyl (C=O) groups excluding carboxylic acids is 3. The van der Waals surface area contributed by atoms with Crippen LogP contribution in [0, 0.1) is 5.92 Å². The highest BCUT2D eigenvalue weighted by atomic mass is 16.6. The molecule has 3 amide bonds. The van der Waals surface area contributed by atoms with Gasteiger partial charge in [0, 0.05) is 29.2 Å². The quantitative estimate of drug-likeness (QED) is 0.231. The van der Waals surface area contributed by atoms with E-state index in [-0.39, 0.29) is 29.8 Å². The number of nitrogens with one attached hydrogen (secondary N) is 2. The first kappa shape index (κ1) is 35.3. The molecule has 0 aromatic heterocycles. The van der Waals surface area contributed by atoms with Gasteiger partial charge in [0.1, 0.15) is 11.6 Å². The van der Waals surface area contributed by atoms with Crippen LogP contribution in [0.25, 0.3) is 6.08 Å². The molecule has 1 aromatic carbocycles. The number of alkyl carbamates (subject to hydrolysis) is 1. The minimum atomic E-state index is -0.629. The van der Waals surface area contributed by atoms with Crippen molar-refractivity contribution in [2.24, 2.45) is 5.92 Å². The minimum absolute atomic E-state index is 0.122. The van der Waals surface area contributed by atoms with Gasteiger partial charge in [0.05, 0.1) is 6.04 Å². The van der Waals surface area contributed by atoms with E-state index in [1.807, 2.05) is 91.0 Å². The van der Waals surface area contributed by atoms with Crippen molar-refractivity contribution in [2.45, 2.75) is 129 Å². The molecule has 244 valence electrons. The lowest BCUT2D eigenvalue weighted by Gasteiger charge is -2.51. The van der Waals surface area contributed by atoms with E-state index in [0.717, 1.165) is 12.0 Å². The predicted octanol–water partition coefficient (Wildman–Crippen LogP) is 6.08. The molecule has 1 aromatic rings. The highest BCUT2D eigenvalue weighted by molar-refractivity contribution is 6.03. The number of hydrogen-bond donors (Lipinski definition) is 3. The monoisotopic (exact) mass is 610 g/mol.